The lowest BCUT2D eigenvalue weighted by Crippen LogP contribution is -2.47. The van der Waals surface area contributed by atoms with Crippen LogP contribution in [0.5, 0.6) is 0 Å². The number of hydrogen-bond donors (Lipinski definition) is 3. The summed E-state index contributed by atoms with van der Waals surface area (Å²) in [5, 5.41) is 30.7. The van der Waals surface area contributed by atoms with Gasteiger partial charge in [-0.3, -0.25) is 15.1 Å². The highest BCUT2D eigenvalue weighted by molar-refractivity contribution is 8.15. The standard InChI is InChI=1S/C25H28F2N6O2S/c1-16(2)21(34)23(35)33-25(17-8-5-4-6-9-17,12-7-13-30-24(29-3)31-15-28)36-22(32-33)19-14-18(26)10-11-20(19)27/h4-6,8-11,14,16,21,34H,7,12-13H2,1-3H3,(H2,29,30,31)/t21-,25?/m0/s1. The van der Waals surface area contributed by atoms with Crippen LogP contribution < -0.4 is 10.6 Å². The molecule has 0 fully saturated rings. The molecule has 36 heavy (non-hydrogen) atoms. The van der Waals surface area contributed by atoms with Crippen LogP contribution in [0.3, 0.4) is 0 Å². The fraction of sp³-hybridized carbons (Fsp3) is 0.360. The van der Waals surface area contributed by atoms with E-state index in [-0.39, 0.29) is 16.5 Å². The Morgan fingerprint density at radius 2 is 2.00 bits per heavy atom. The van der Waals surface area contributed by atoms with Gasteiger partial charge in [0.25, 0.3) is 5.91 Å². The number of hydrazone groups is 1. The average molecular weight is 515 g/mol. The zero-order chi connectivity index (χ0) is 26.3. The molecule has 0 aromatic heterocycles. The molecule has 0 aliphatic carbocycles. The van der Waals surface area contributed by atoms with Crippen molar-refractivity contribution in [2.75, 3.05) is 13.6 Å². The van der Waals surface area contributed by atoms with Crippen molar-refractivity contribution < 1.29 is 18.7 Å². The molecule has 3 N–H and O–H groups in total. The second-order valence-electron chi connectivity index (χ2n) is 8.46. The number of carbonyl (C=O) groups is 1. The number of aliphatic imine (C=N–C) groups is 1. The summed E-state index contributed by atoms with van der Waals surface area (Å²) >= 11 is 1.14. The molecule has 1 amide bonds. The minimum Gasteiger partial charge on any atom is -0.383 e. The summed E-state index contributed by atoms with van der Waals surface area (Å²) in [6.07, 6.45) is 1.29. The third-order valence-corrected chi connectivity index (χ3v) is 7.10. The van der Waals surface area contributed by atoms with Gasteiger partial charge in [0.05, 0.1) is 0 Å². The lowest BCUT2D eigenvalue weighted by molar-refractivity contribution is -0.146. The minimum absolute atomic E-state index is 0.0635. The van der Waals surface area contributed by atoms with Gasteiger partial charge in [-0.25, -0.2) is 13.8 Å². The fourth-order valence-electron chi connectivity index (χ4n) is 3.75. The maximum absolute atomic E-state index is 14.7. The van der Waals surface area contributed by atoms with Gasteiger partial charge >= 0.3 is 0 Å². The molecule has 2 aromatic rings. The summed E-state index contributed by atoms with van der Waals surface area (Å²) in [6.45, 7) is 3.82. The maximum atomic E-state index is 14.7. The van der Waals surface area contributed by atoms with E-state index in [0.717, 1.165) is 35.5 Å². The Labute approximate surface area is 213 Å². The van der Waals surface area contributed by atoms with E-state index in [1.807, 2.05) is 30.3 Å². The van der Waals surface area contributed by atoms with E-state index in [1.165, 1.54) is 12.1 Å². The van der Waals surface area contributed by atoms with Gasteiger partial charge in [-0.1, -0.05) is 55.9 Å². The van der Waals surface area contributed by atoms with Crippen molar-refractivity contribution in [3.8, 4) is 6.19 Å². The van der Waals surface area contributed by atoms with Crippen LogP contribution in [0.15, 0.2) is 58.6 Å². The molecule has 2 aromatic carbocycles. The molecule has 2 atom stereocenters. The Morgan fingerprint density at radius 1 is 1.28 bits per heavy atom. The summed E-state index contributed by atoms with van der Waals surface area (Å²) in [7, 11) is 1.53. The van der Waals surface area contributed by atoms with Crippen LogP contribution >= 0.6 is 11.8 Å². The Morgan fingerprint density at radius 3 is 2.64 bits per heavy atom. The molecule has 8 nitrogen and oxygen atoms in total. The smallest absolute Gasteiger partial charge is 0.273 e. The summed E-state index contributed by atoms with van der Waals surface area (Å²) < 4.78 is 28.8. The normalized spacial score (nSPS) is 18.6. The van der Waals surface area contributed by atoms with E-state index < -0.39 is 28.5 Å². The summed E-state index contributed by atoms with van der Waals surface area (Å²) in [5.74, 6) is -2.03. The van der Waals surface area contributed by atoms with Crippen LogP contribution in [0.4, 0.5) is 8.78 Å². The number of amides is 1. The number of benzene rings is 2. The van der Waals surface area contributed by atoms with Gasteiger partial charge in [0, 0.05) is 19.2 Å². The minimum atomic E-state index is -1.34. The lowest BCUT2D eigenvalue weighted by Gasteiger charge is -2.37. The number of nitrogens with zero attached hydrogens (tertiary/aromatic N) is 4. The zero-order valence-corrected chi connectivity index (χ0v) is 21.0. The molecule has 1 aliphatic heterocycles. The van der Waals surface area contributed by atoms with Crippen molar-refractivity contribution in [1.29, 1.82) is 5.26 Å². The number of guanidine groups is 1. The third-order valence-electron chi connectivity index (χ3n) is 5.66. The summed E-state index contributed by atoms with van der Waals surface area (Å²) in [5.41, 5.74) is 0.654. The number of halogens is 2. The lowest BCUT2D eigenvalue weighted by atomic mass is 9.98. The first kappa shape index (κ1) is 27.1. The molecular formula is C25H28F2N6O2S. The van der Waals surface area contributed by atoms with Crippen LogP contribution in [-0.2, 0) is 9.67 Å². The van der Waals surface area contributed by atoms with Crippen molar-refractivity contribution in [3.63, 3.8) is 0 Å². The monoisotopic (exact) mass is 514 g/mol. The number of carbonyl (C=O) groups excluding carboxylic acids is 1. The van der Waals surface area contributed by atoms with Crippen LogP contribution in [0.25, 0.3) is 0 Å². The summed E-state index contributed by atoms with van der Waals surface area (Å²) in [6, 6.07) is 12.2. The van der Waals surface area contributed by atoms with E-state index in [2.05, 4.69) is 20.7 Å². The first-order chi connectivity index (χ1) is 17.2. The van der Waals surface area contributed by atoms with Gasteiger partial charge in [0.1, 0.15) is 27.7 Å². The number of thioether (sulfide) groups is 1. The molecule has 0 saturated heterocycles. The van der Waals surface area contributed by atoms with Crippen LogP contribution in [0.2, 0.25) is 0 Å². The second-order valence-corrected chi connectivity index (χ2v) is 9.73. The molecule has 1 aliphatic rings. The van der Waals surface area contributed by atoms with Crippen molar-refractivity contribution in [2.24, 2.45) is 16.0 Å². The van der Waals surface area contributed by atoms with E-state index in [1.54, 1.807) is 20.0 Å². The average Bonchev–Trinajstić information content (AvgIpc) is 3.27. The van der Waals surface area contributed by atoms with Gasteiger partial charge in [-0.05, 0) is 42.5 Å². The van der Waals surface area contributed by atoms with Gasteiger partial charge in [0.2, 0.25) is 5.96 Å². The molecule has 1 unspecified atom stereocenters. The molecular weight excluding hydrogens is 486 g/mol. The topological polar surface area (TPSA) is 113 Å². The molecule has 190 valence electrons. The van der Waals surface area contributed by atoms with E-state index in [4.69, 9.17) is 5.26 Å². The quantitative estimate of drug-likeness (QED) is 0.163. The number of hydrogen-bond acceptors (Lipinski definition) is 6. The predicted octanol–water partition coefficient (Wildman–Crippen LogP) is 3.50. The first-order valence-electron chi connectivity index (χ1n) is 11.4. The van der Waals surface area contributed by atoms with E-state index in [0.29, 0.717) is 25.3 Å². The summed E-state index contributed by atoms with van der Waals surface area (Å²) in [4.78, 5) is 16.3. The molecule has 0 radical (unpaired) electrons. The number of nitrogens with one attached hydrogen (secondary N) is 2. The molecule has 0 saturated carbocycles. The fourth-order valence-corrected chi connectivity index (χ4v) is 5.18. The SMILES string of the molecule is CN=C(NC#N)NCCCC1(c2ccccc2)SC(c2cc(F)ccc2F)=NN1C(=O)[C@@H](O)C(C)C. The van der Waals surface area contributed by atoms with Crippen LogP contribution in [-0.4, -0.2) is 46.7 Å². The van der Waals surface area contributed by atoms with Crippen LogP contribution in [0, 0.1) is 29.0 Å². The van der Waals surface area contributed by atoms with E-state index >= 15 is 0 Å². The number of aliphatic hydroxyl groups is 1. The van der Waals surface area contributed by atoms with Crippen molar-refractivity contribution in [1.82, 2.24) is 15.6 Å². The molecule has 11 heteroatoms. The Kier molecular flexibility index (Phi) is 9.01. The Hall–Kier alpha value is -3.49. The van der Waals surface area contributed by atoms with Crippen molar-refractivity contribution >= 4 is 28.7 Å². The third kappa shape index (κ3) is 5.83. The van der Waals surface area contributed by atoms with Gasteiger partial charge in [-0.2, -0.15) is 10.4 Å². The Balaban J connectivity index is 2.04. The highest BCUT2D eigenvalue weighted by atomic mass is 32.2. The number of rotatable bonds is 8. The molecule has 0 bridgehead atoms. The van der Waals surface area contributed by atoms with E-state index in [9.17, 15) is 18.7 Å². The van der Waals surface area contributed by atoms with Crippen molar-refractivity contribution in [3.05, 3.63) is 71.3 Å². The zero-order valence-electron chi connectivity index (χ0n) is 20.2. The molecule has 3 rings (SSSR count). The van der Waals surface area contributed by atoms with Gasteiger partial charge in [0.15, 0.2) is 6.19 Å². The van der Waals surface area contributed by atoms with Gasteiger partial charge < -0.3 is 10.4 Å². The van der Waals surface area contributed by atoms with Gasteiger partial charge in [-0.15, -0.1) is 0 Å². The second kappa shape index (κ2) is 12.0. The largest absolute Gasteiger partial charge is 0.383 e. The van der Waals surface area contributed by atoms with Crippen LogP contribution in [0.1, 0.15) is 37.8 Å². The van der Waals surface area contributed by atoms with Crippen molar-refractivity contribution in [2.45, 2.75) is 37.7 Å². The maximum Gasteiger partial charge on any atom is 0.273 e. The highest BCUT2D eigenvalue weighted by Crippen LogP contribution is 2.51. The predicted molar refractivity (Wildman–Crippen MR) is 136 cm³/mol. The number of nitriles is 1. The highest BCUT2D eigenvalue weighted by Gasteiger charge is 2.50. The molecule has 0 spiro atoms. The Bertz CT molecular complexity index is 1180. The molecule has 1 heterocycles. The number of aliphatic hydroxyl groups excluding tert-OH is 1. The first-order valence-corrected chi connectivity index (χ1v) is 12.2.